The number of quaternary nitrogens is 1. The number of hydrogen-bond donors (Lipinski definition) is 2. The first kappa shape index (κ1) is 7.69. The Morgan fingerprint density at radius 3 is 2.70 bits per heavy atom. The number of carbonyl (C=O) groups excluding carboxylic acids is 1. The molecule has 0 amide bonds. The molecule has 0 heterocycles. The highest BCUT2D eigenvalue weighted by molar-refractivity contribution is 5.86. The third-order valence-electron chi connectivity index (χ3n) is 2.27. The molecule has 0 bridgehead atoms. The molecule has 1 atom stereocenters. The van der Waals surface area contributed by atoms with Crippen LogP contribution in [0.2, 0.25) is 0 Å². The summed E-state index contributed by atoms with van der Waals surface area (Å²) in [7, 11) is 0. The molecule has 0 aromatic carbocycles. The molecule has 1 unspecified atom stereocenters. The number of carbonyl (C=O) groups is 1. The van der Waals surface area contributed by atoms with Gasteiger partial charge in [-0.1, -0.05) is 0 Å². The van der Waals surface area contributed by atoms with Crippen molar-refractivity contribution in [2.24, 2.45) is 0 Å². The van der Waals surface area contributed by atoms with Gasteiger partial charge in [0.2, 0.25) is 0 Å². The van der Waals surface area contributed by atoms with Crippen LogP contribution in [0, 0.1) is 0 Å². The summed E-state index contributed by atoms with van der Waals surface area (Å²) in [5.74, 6) is 0.182. The highest BCUT2D eigenvalue weighted by Gasteiger charge is 2.38. The molecule has 3 heteroatoms. The summed E-state index contributed by atoms with van der Waals surface area (Å²) in [6.45, 7) is 1.80. The Morgan fingerprint density at radius 2 is 2.30 bits per heavy atom. The molecule has 1 saturated carbocycles. The molecule has 3 nitrogen and oxygen atoms in total. The van der Waals surface area contributed by atoms with E-state index >= 15 is 0 Å². The van der Waals surface area contributed by atoms with Gasteiger partial charge in [0.05, 0.1) is 0 Å². The van der Waals surface area contributed by atoms with Gasteiger partial charge in [-0.25, -0.2) is 5.21 Å². The Bertz CT molecular complexity index is 147. The van der Waals surface area contributed by atoms with Gasteiger partial charge in [0.15, 0.2) is 11.3 Å². The summed E-state index contributed by atoms with van der Waals surface area (Å²) in [5, 5.41) is 8.77. The predicted octanol–water partition coefficient (Wildman–Crippen LogP) is -0.159. The van der Waals surface area contributed by atoms with Gasteiger partial charge in [-0.15, -0.1) is 0 Å². The van der Waals surface area contributed by atoms with Crippen molar-refractivity contribution in [2.75, 3.05) is 0 Å². The molecule has 1 fully saturated rings. The molecule has 58 valence electrons. The number of rotatable bonds is 1. The second-order valence-electron chi connectivity index (χ2n) is 3.18. The van der Waals surface area contributed by atoms with Crippen molar-refractivity contribution in [3.8, 4) is 0 Å². The van der Waals surface area contributed by atoms with Crippen LogP contribution in [0.25, 0.3) is 0 Å². The zero-order chi connectivity index (χ0) is 7.61. The van der Waals surface area contributed by atoms with Gasteiger partial charge in [-0.05, 0) is 12.8 Å². The Kier molecular flexibility index (Phi) is 2.06. The lowest BCUT2D eigenvalue weighted by atomic mass is 9.83. The van der Waals surface area contributed by atoms with Gasteiger partial charge in [0.1, 0.15) is 0 Å². The first-order chi connectivity index (χ1) is 4.69. The van der Waals surface area contributed by atoms with E-state index in [0.717, 1.165) is 24.7 Å². The molecule has 1 aliphatic carbocycles. The maximum absolute atomic E-state index is 11.2. The van der Waals surface area contributed by atoms with E-state index in [1.165, 1.54) is 0 Å². The number of ketones is 1. The van der Waals surface area contributed by atoms with Crippen molar-refractivity contribution in [2.45, 2.75) is 38.1 Å². The van der Waals surface area contributed by atoms with Gasteiger partial charge in [0.25, 0.3) is 0 Å². The zero-order valence-electron chi connectivity index (χ0n) is 6.26. The molecule has 0 aliphatic heterocycles. The van der Waals surface area contributed by atoms with Crippen LogP contribution in [0.4, 0.5) is 0 Å². The van der Waals surface area contributed by atoms with Crippen LogP contribution in [-0.2, 0) is 4.79 Å². The minimum atomic E-state index is -0.530. The first-order valence-corrected chi connectivity index (χ1v) is 3.71. The SMILES string of the molecule is CC1([NH2+]O)CCCCC1=O. The fraction of sp³-hybridized carbons (Fsp3) is 0.857. The van der Waals surface area contributed by atoms with Crippen LogP contribution in [0.15, 0.2) is 0 Å². The standard InChI is InChI=1S/C7H13NO2/c1-7(8-10)5-3-2-4-6(7)9/h8,10H,2-5H2,1H3/p+1. The highest BCUT2D eigenvalue weighted by atomic mass is 16.5. The highest BCUT2D eigenvalue weighted by Crippen LogP contribution is 2.20. The lowest BCUT2D eigenvalue weighted by Gasteiger charge is -2.25. The lowest BCUT2D eigenvalue weighted by Crippen LogP contribution is -2.96. The zero-order valence-corrected chi connectivity index (χ0v) is 6.26. The molecule has 0 saturated heterocycles. The van der Waals surface area contributed by atoms with Crippen LogP contribution >= 0.6 is 0 Å². The number of hydroxylamine groups is 1. The number of hydrogen-bond acceptors (Lipinski definition) is 2. The average molecular weight is 144 g/mol. The third-order valence-corrected chi connectivity index (χ3v) is 2.27. The van der Waals surface area contributed by atoms with E-state index < -0.39 is 5.54 Å². The molecule has 0 radical (unpaired) electrons. The average Bonchev–Trinajstić information content (AvgIpc) is 1.96. The van der Waals surface area contributed by atoms with Crippen LogP contribution in [0.3, 0.4) is 0 Å². The summed E-state index contributed by atoms with van der Waals surface area (Å²) < 4.78 is 0. The van der Waals surface area contributed by atoms with Crippen LogP contribution in [0.1, 0.15) is 32.6 Å². The van der Waals surface area contributed by atoms with Crippen molar-refractivity contribution in [1.29, 1.82) is 0 Å². The van der Waals surface area contributed by atoms with E-state index in [4.69, 9.17) is 5.21 Å². The van der Waals surface area contributed by atoms with E-state index in [1.54, 1.807) is 6.92 Å². The van der Waals surface area contributed by atoms with Crippen molar-refractivity contribution in [1.82, 2.24) is 0 Å². The largest absolute Gasteiger partial charge is 0.293 e. The number of nitrogens with two attached hydrogens (primary N) is 1. The Hall–Kier alpha value is -0.410. The third kappa shape index (κ3) is 1.20. The Labute approximate surface area is 60.4 Å². The molecule has 1 aliphatic rings. The molecular formula is C7H14NO2+. The van der Waals surface area contributed by atoms with Crippen LogP contribution in [-0.4, -0.2) is 16.5 Å². The second kappa shape index (κ2) is 2.68. The fourth-order valence-corrected chi connectivity index (χ4v) is 1.34. The maximum Gasteiger partial charge on any atom is 0.195 e. The minimum absolute atomic E-state index is 0.182. The van der Waals surface area contributed by atoms with Crippen molar-refractivity contribution in [3.05, 3.63) is 0 Å². The minimum Gasteiger partial charge on any atom is -0.293 e. The molecule has 3 N–H and O–H groups in total. The quantitative estimate of drug-likeness (QED) is 0.502. The summed E-state index contributed by atoms with van der Waals surface area (Å²) in [6, 6.07) is 0. The van der Waals surface area contributed by atoms with E-state index in [2.05, 4.69) is 0 Å². The predicted molar refractivity (Wildman–Crippen MR) is 35.6 cm³/mol. The van der Waals surface area contributed by atoms with E-state index in [0.29, 0.717) is 6.42 Å². The van der Waals surface area contributed by atoms with Crippen molar-refractivity contribution >= 4 is 5.78 Å². The Balaban J connectivity index is 2.63. The monoisotopic (exact) mass is 144 g/mol. The van der Waals surface area contributed by atoms with E-state index in [9.17, 15) is 4.79 Å². The lowest BCUT2D eigenvalue weighted by molar-refractivity contribution is -0.924. The van der Waals surface area contributed by atoms with Crippen molar-refractivity contribution < 1.29 is 15.5 Å². The van der Waals surface area contributed by atoms with Crippen LogP contribution in [0.5, 0.6) is 0 Å². The molecule has 1 rings (SSSR count). The molecule has 0 spiro atoms. The Morgan fingerprint density at radius 1 is 1.60 bits per heavy atom. The summed E-state index contributed by atoms with van der Waals surface area (Å²) in [4.78, 5) is 11.2. The van der Waals surface area contributed by atoms with Crippen molar-refractivity contribution in [3.63, 3.8) is 0 Å². The second-order valence-corrected chi connectivity index (χ2v) is 3.18. The van der Waals surface area contributed by atoms with Gasteiger partial charge >= 0.3 is 0 Å². The molecule has 10 heavy (non-hydrogen) atoms. The summed E-state index contributed by atoms with van der Waals surface area (Å²) >= 11 is 0. The summed E-state index contributed by atoms with van der Waals surface area (Å²) in [6.07, 6.45) is 3.48. The van der Waals surface area contributed by atoms with Gasteiger partial charge < -0.3 is 0 Å². The normalized spacial score (nSPS) is 34.4. The topological polar surface area (TPSA) is 53.9 Å². The van der Waals surface area contributed by atoms with Gasteiger partial charge in [-0.2, -0.15) is 5.48 Å². The molecule has 0 aromatic rings. The first-order valence-electron chi connectivity index (χ1n) is 3.71. The maximum atomic E-state index is 11.2. The van der Waals surface area contributed by atoms with E-state index in [1.807, 2.05) is 0 Å². The fourth-order valence-electron chi connectivity index (χ4n) is 1.34. The van der Waals surface area contributed by atoms with Gasteiger partial charge in [-0.3, -0.25) is 4.79 Å². The van der Waals surface area contributed by atoms with Gasteiger partial charge in [0, 0.05) is 19.8 Å². The molecular weight excluding hydrogens is 130 g/mol. The number of Topliss-reactive ketones (excluding diaryl/α,β-unsaturated/α-hetero) is 1. The molecule has 0 aromatic heterocycles. The smallest absolute Gasteiger partial charge is 0.195 e. The van der Waals surface area contributed by atoms with E-state index in [-0.39, 0.29) is 5.78 Å². The van der Waals surface area contributed by atoms with Crippen LogP contribution < -0.4 is 5.48 Å². The summed E-state index contributed by atoms with van der Waals surface area (Å²) in [5.41, 5.74) is 0.521.